The number of halogens is 2. The van der Waals surface area contributed by atoms with Gasteiger partial charge in [-0.15, -0.1) is 0 Å². The molecule has 0 aliphatic carbocycles. The highest BCUT2D eigenvalue weighted by Gasteiger charge is 2.19. The Morgan fingerprint density at radius 3 is 2.42 bits per heavy atom. The zero-order valence-electron chi connectivity index (χ0n) is 11.2. The summed E-state index contributed by atoms with van der Waals surface area (Å²) < 4.78 is 27.3. The first-order chi connectivity index (χ1) is 9.04. The molecule has 1 heterocycles. The molecule has 0 aliphatic rings. The van der Waals surface area contributed by atoms with Gasteiger partial charge in [-0.1, -0.05) is 0 Å². The summed E-state index contributed by atoms with van der Waals surface area (Å²) in [5.74, 6) is -1.08. The van der Waals surface area contributed by atoms with E-state index in [2.05, 4.69) is 10.3 Å². The first-order valence-corrected chi connectivity index (χ1v) is 6.08. The summed E-state index contributed by atoms with van der Waals surface area (Å²) in [4.78, 5) is 4.07. The number of pyridine rings is 1. The number of aromatic nitrogens is 1. The van der Waals surface area contributed by atoms with Crippen molar-refractivity contribution in [1.29, 1.82) is 0 Å². The molecule has 1 aromatic carbocycles. The van der Waals surface area contributed by atoms with Crippen molar-refractivity contribution in [1.82, 2.24) is 10.3 Å². The van der Waals surface area contributed by atoms with Crippen LogP contribution in [0.1, 0.15) is 28.3 Å². The van der Waals surface area contributed by atoms with E-state index in [1.807, 2.05) is 13.0 Å². The van der Waals surface area contributed by atoms with E-state index in [0.29, 0.717) is 11.1 Å². The Kier molecular flexibility index (Phi) is 3.90. The Bertz CT molecular complexity index is 597. The van der Waals surface area contributed by atoms with Crippen LogP contribution in [0.4, 0.5) is 8.78 Å². The Morgan fingerprint density at radius 1 is 1.05 bits per heavy atom. The van der Waals surface area contributed by atoms with Gasteiger partial charge in [0.2, 0.25) is 0 Å². The molecule has 0 spiro atoms. The van der Waals surface area contributed by atoms with E-state index in [0.717, 1.165) is 17.2 Å². The molecule has 0 fully saturated rings. The Labute approximate surface area is 111 Å². The zero-order chi connectivity index (χ0) is 14.0. The highest BCUT2D eigenvalue weighted by atomic mass is 19.1. The van der Waals surface area contributed by atoms with E-state index >= 15 is 0 Å². The topological polar surface area (TPSA) is 24.9 Å². The average Bonchev–Trinajstić information content (AvgIpc) is 2.38. The Hall–Kier alpha value is -1.81. The van der Waals surface area contributed by atoms with Gasteiger partial charge in [0.25, 0.3) is 0 Å². The minimum Gasteiger partial charge on any atom is -0.309 e. The van der Waals surface area contributed by atoms with Crippen molar-refractivity contribution in [3.8, 4) is 0 Å². The van der Waals surface area contributed by atoms with Gasteiger partial charge < -0.3 is 5.32 Å². The van der Waals surface area contributed by atoms with Gasteiger partial charge in [0, 0.05) is 24.0 Å². The van der Waals surface area contributed by atoms with E-state index in [1.54, 1.807) is 26.4 Å². The maximum absolute atomic E-state index is 14.0. The summed E-state index contributed by atoms with van der Waals surface area (Å²) in [6.45, 7) is 3.57. The van der Waals surface area contributed by atoms with Crippen LogP contribution in [-0.2, 0) is 0 Å². The second-order valence-corrected chi connectivity index (χ2v) is 4.58. The molecule has 0 saturated carbocycles. The molecule has 0 bridgehead atoms. The SMILES string of the molecule is CNC(c1cnccc1C)c1cc(C)c(F)cc1F. The molecule has 1 aromatic heterocycles. The van der Waals surface area contributed by atoms with E-state index in [1.165, 1.54) is 6.07 Å². The quantitative estimate of drug-likeness (QED) is 0.918. The van der Waals surface area contributed by atoms with Crippen molar-refractivity contribution in [3.63, 3.8) is 0 Å². The van der Waals surface area contributed by atoms with Crippen LogP contribution in [0.25, 0.3) is 0 Å². The van der Waals surface area contributed by atoms with Crippen LogP contribution < -0.4 is 5.32 Å². The van der Waals surface area contributed by atoms with Crippen LogP contribution >= 0.6 is 0 Å². The predicted octanol–water partition coefficient (Wildman–Crippen LogP) is 3.29. The van der Waals surface area contributed by atoms with Crippen molar-refractivity contribution in [2.45, 2.75) is 19.9 Å². The van der Waals surface area contributed by atoms with Crippen LogP contribution in [0, 0.1) is 25.5 Å². The molecule has 2 aromatic rings. The van der Waals surface area contributed by atoms with Gasteiger partial charge in [-0.05, 0) is 49.7 Å². The van der Waals surface area contributed by atoms with Gasteiger partial charge in [0.15, 0.2) is 0 Å². The lowest BCUT2D eigenvalue weighted by atomic mass is 9.95. The van der Waals surface area contributed by atoms with Crippen LogP contribution in [-0.4, -0.2) is 12.0 Å². The van der Waals surface area contributed by atoms with Crippen molar-refractivity contribution >= 4 is 0 Å². The van der Waals surface area contributed by atoms with Gasteiger partial charge in [0.1, 0.15) is 11.6 Å². The summed E-state index contributed by atoms with van der Waals surface area (Å²) in [5, 5.41) is 3.06. The maximum Gasteiger partial charge on any atom is 0.131 e. The monoisotopic (exact) mass is 262 g/mol. The van der Waals surface area contributed by atoms with Crippen LogP contribution in [0.5, 0.6) is 0 Å². The van der Waals surface area contributed by atoms with Crippen LogP contribution in [0.2, 0.25) is 0 Å². The van der Waals surface area contributed by atoms with Crippen molar-refractivity contribution in [2.24, 2.45) is 0 Å². The second-order valence-electron chi connectivity index (χ2n) is 4.58. The average molecular weight is 262 g/mol. The molecule has 4 heteroatoms. The van der Waals surface area contributed by atoms with E-state index in [-0.39, 0.29) is 6.04 Å². The van der Waals surface area contributed by atoms with Crippen molar-refractivity contribution in [3.05, 3.63) is 64.5 Å². The molecule has 100 valence electrons. The van der Waals surface area contributed by atoms with Crippen molar-refractivity contribution in [2.75, 3.05) is 7.05 Å². The Balaban J connectivity index is 2.55. The second kappa shape index (κ2) is 5.45. The van der Waals surface area contributed by atoms with Crippen LogP contribution in [0.15, 0.2) is 30.6 Å². The van der Waals surface area contributed by atoms with Gasteiger partial charge in [-0.3, -0.25) is 4.98 Å². The number of hydrogen-bond donors (Lipinski definition) is 1. The predicted molar refractivity (Wildman–Crippen MR) is 71.0 cm³/mol. The highest BCUT2D eigenvalue weighted by molar-refractivity contribution is 5.37. The summed E-state index contributed by atoms with van der Waals surface area (Å²) in [7, 11) is 1.75. The van der Waals surface area contributed by atoms with E-state index in [9.17, 15) is 8.78 Å². The molecule has 0 saturated heterocycles. The minimum atomic E-state index is -0.550. The minimum absolute atomic E-state index is 0.340. The van der Waals surface area contributed by atoms with Crippen LogP contribution in [0.3, 0.4) is 0 Å². The first kappa shape index (κ1) is 13.6. The fraction of sp³-hybridized carbons (Fsp3) is 0.267. The number of rotatable bonds is 3. The molecule has 1 atom stereocenters. The van der Waals surface area contributed by atoms with E-state index in [4.69, 9.17) is 0 Å². The molecule has 1 unspecified atom stereocenters. The number of hydrogen-bond acceptors (Lipinski definition) is 2. The molecule has 0 radical (unpaired) electrons. The molecule has 19 heavy (non-hydrogen) atoms. The third kappa shape index (κ3) is 2.63. The third-order valence-electron chi connectivity index (χ3n) is 3.27. The zero-order valence-corrected chi connectivity index (χ0v) is 11.2. The van der Waals surface area contributed by atoms with Gasteiger partial charge >= 0.3 is 0 Å². The van der Waals surface area contributed by atoms with Gasteiger partial charge in [-0.2, -0.15) is 0 Å². The maximum atomic E-state index is 14.0. The molecule has 2 nitrogen and oxygen atoms in total. The summed E-state index contributed by atoms with van der Waals surface area (Å²) >= 11 is 0. The summed E-state index contributed by atoms with van der Waals surface area (Å²) in [6, 6.07) is 4.00. The van der Waals surface area contributed by atoms with E-state index < -0.39 is 11.6 Å². The third-order valence-corrected chi connectivity index (χ3v) is 3.27. The van der Waals surface area contributed by atoms with Crippen molar-refractivity contribution < 1.29 is 8.78 Å². The highest BCUT2D eigenvalue weighted by Crippen LogP contribution is 2.27. The molecule has 2 rings (SSSR count). The summed E-state index contributed by atoms with van der Waals surface area (Å²) in [6.07, 6.45) is 3.40. The normalized spacial score (nSPS) is 12.5. The Morgan fingerprint density at radius 2 is 1.79 bits per heavy atom. The molecule has 1 N–H and O–H groups in total. The number of benzene rings is 1. The standard InChI is InChI=1S/C15H16F2N2/c1-9-4-5-19-8-12(9)15(18-3)11-6-10(2)13(16)7-14(11)17/h4-8,15,18H,1-3H3. The lowest BCUT2D eigenvalue weighted by molar-refractivity contribution is 0.546. The van der Waals surface area contributed by atoms with Gasteiger partial charge in [0.05, 0.1) is 6.04 Å². The van der Waals surface area contributed by atoms with Gasteiger partial charge in [-0.25, -0.2) is 8.78 Å². The lowest BCUT2D eigenvalue weighted by Gasteiger charge is -2.20. The molecular weight excluding hydrogens is 246 g/mol. The fourth-order valence-electron chi connectivity index (χ4n) is 2.16. The number of aryl methyl sites for hydroxylation is 2. The molecule has 0 aliphatic heterocycles. The summed E-state index contributed by atoms with van der Waals surface area (Å²) in [5.41, 5.74) is 2.75. The fourth-order valence-corrected chi connectivity index (χ4v) is 2.16. The molecule has 0 amide bonds. The lowest BCUT2D eigenvalue weighted by Crippen LogP contribution is -2.20. The first-order valence-electron chi connectivity index (χ1n) is 6.08. The number of nitrogens with zero attached hydrogens (tertiary/aromatic N) is 1. The largest absolute Gasteiger partial charge is 0.309 e. The number of nitrogens with one attached hydrogen (secondary N) is 1. The smallest absolute Gasteiger partial charge is 0.131 e. The molecular formula is C15H16F2N2.